The van der Waals surface area contributed by atoms with E-state index in [0.717, 1.165) is 16.5 Å². The number of hydrogen-bond donors (Lipinski definition) is 0. The van der Waals surface area contributed by atoms with E-state index in [1.165, 1.54) is 0 Å². The van der Waals surface area contributed by atoms with Gasteiger partial charge in [-0.25, -0.2) is 0 Å². The minimum absolute atomic E-state index is 0.0151. The van der Waals surface area contributed by atoms with Crippen LogP contribution in [0.4, 0.5) is 0 Å². The zero-order valence-corrected chi connectivity index (χ0v) is 26.7. The molecule has 0 saturated heterocycles. The summed E-state index contributed by atoms with van der Waals surface area (Å²) in [6.07, 6.45) is -1.31. The predicted molar refractivity (Wildman–Crippen MR) is 216 cm³/mol. The van der Waals surface area contributed by atoms with Crippen LogP contribution in [-0.4, -0.2) is 0 Å². The summed E-state index contributed by atoms with van der Waals surface area (Å²) in [5.74, 6) is 0. The van der Waals surface area contributed by atoms with Crippen LogP contribution in [0.1, 0.15) is 48.3 Å². The van der Waals surface area contributed by atoms with Crippen molar-refractivity contribution in [3.05, 3.63) is 204 Å². The average Bonchev–Trinajstić information content (AvgIpc) is 3.73. The lowest BCUT2D eigenvalue weighted by molar-refractivity contribution is 0.669. The minimum atomic E-state index is -0.750. The summed E-state index contributed by atoms with van der Waals surface area (Å²) in [4.78, 5) is 0. The van der Waals surface area contributed by atoms with Gasteiger partial charge in [-0.3, -0.25) is 0 Å². The molecule has 10 aromatic rings. The second-order valence-corrected chi connectivity index (χ2v) is 12.2. The van der Waals surface area contributed by atoms with E-state index in [-0.39, 0.29) is 60.1 Å². The zero-order valence-electron chi connectivity index (χ0n) is 45.7. The number of rotatable bonds is 6. The Bertz CT molecular complexity index is 3880. The molecule has 0 aliphatic heterocycles. The van der Waals surface area contributed by atoms with Crippen LogP contribution in [-0.2, 0) is 12.8 Å². The van der Waals surface area contributed by atoms with Crippen LogP contribution in [0.5, 0.6) is 0 Å². The molecule has 0 bridgehead atoms. The lowest BCUT2D eigenvalue weighted by Gasteiger charge is -2.18. The number of fused-ring (bicyclic) bond motifs is 6. The summed E-state index contributed by atoms with van der Waals surface area (Å²) in [6, 6.07) is 7.85. The van der Waals surface area contributed by atoms with Gasteiger partial charge in [-0.1, -0.05) is 157 Å². The Hall–Kier alpha value is -6.44. The minimum Gasteiger partial charge on any atom is -0.456 e. The second-order valence-electron chi connectivity index (χ2n) is 12.2. The molecule has 0 radical (unpaired) electrons. The molecule has 10 rings (SSSR count). The highest BCUT2D eigenvalue weighted by Crippen LogP contribution is 2.40. The zero-order chi connectivity index (χ0) is 50.3. The van der Waals surface area contributed by atoms with Gasteiger partial charge in [-0.2, -0.15) is 0 Å². The summed E-state index contributed by atoms with van der Waals surface area (Å²) in [6.45, 7) is 0. The second kappa shape index (κ2) is 12.2. The van der Waals surface area contributed by atoms with Crippen molar-refractivity contribution in [1.82, 2.24) is 0 Å². The maximum absolute atomic E-state index is 9.70. The van der Waals surface area contributed by atoms with Crippen molar-refractivity contribution in [2.75, 3.05) is 0 Å². The van der Waals surface area contributed by atoms with E-state index in [1.807, 2.05) is 48.5 Å². The lowest BCUT2D eigenvalue weighted by Crippen LogP contribution is -1.99. The molecule has 1 aromatic heterocycles. The molecule has 240 valence electrons. The smallest absolute Gasteiger partial charge is 0.135 e. The summed E-state index contributed by atoms with van der Waals surface area (Å²) >= 11 is 0. The first kappa shape index (κ1) is 16.1. The van der Waals surface area contributed by atoms with Crippen LogP contribution in [0.3, 0.4) is 0 Å². The normalized spacial score (nSPS) is 16.9. The molecule has 1 nitrogen and oxygen atoms in total. The summed E-state index contributed by atoms with van der Waals surface area (Å²) in [7, 11) is 0. The molecule has 9 aromatic carbocycles. The Kier molecular flexibility index (Phi) is 3.83. The predicted octanol–water partition coefficient (Wildman–Crippen LogP) is 13.6. The lowest BCUT2D eigenvalue weighted by atomic mass is 9.85. The summed E-state index contributed by atoms with van der Waals surface area (Å²) in [5, 5.41) is -0.223. The Morgan fingerprint density at radius 3 is 1.57 bits per heavy atom. The van der Waals surface area contributed by atoms with Crippen molar-refractivity contribution < 1.29 is 30.5 Å². The van der Waals surface area contributed by atoms with E-state index in [0.29, 0.717) is 22.1 Å². The van der Waals surface area contributed by atoms with E-state index in [1.54, 1.807) is 18.2 Å². The first-order valence-corrected chi connectivity index (χ1v) is 16.2. The Balaban J connectivity index is 1.31. The highest BCUT2D eigenvalue weighted by Gasteiger charge is 2.17. The largest absolute Gasteiger partial charge is 0.456 e. The number of benzene rings is 9. The molecule has 1 heterocycles. The summed E-state index contributed by atoms with van der Waals surface area (Å²) < 4.78 is 177. The molecule has 0 atom stereocenters. The van der Waals surface area contributed by atoms with E-state index >= 15 is 0 Å². The van der Waals surface area contributed by atoms with E-state index in [9.17, 15) is 11.0 Å². The van der Waals surface area contributed by atoms with Gasteiger partial charge in [0.1, 0.15) is 11.2 Å². The van der Waals surface area contributed by atoms with Gasteiger partial charge in [-0.15, -0.1) is 0 Å². The average molecular weight is 670 g/mol. The van der Waals surface area contributed by atoms with Gasteiger partial charge in [0.15, 0.2) is 0 Å². The van der Waals surface area contributed by atoms with Gasteiger partial charge in [0.05, 0.1) is 26.0 Å². The third-order valence-electron chi connectivity index (χ3n) is 9.28. The molecule has 0 aliphatic carbocycles. The van der Waals surface area contributed by atoms with Gasteiger partial charge in [-0.05, 0) is 114 Å². The molecule has 0 unspecified atom stereocenters. The number of furan rings is 1. The third-order valence-corrected chi connectivity index (χ3v) is 9.28. The Morgan fingerprint density at radius 2 is 0.922 bits per heavy atom. The van der Waals surface area contributed by atoms with Crippen LogP contribution < -0.4 is 0 Å². The van der Waals surface area contributed by atoms with Crippen LogP contribution in [0, 0.1) is 0 Å². The monoisotopic (exact) mass is 669 g/mol. The fourth-order valence-electron chi connectivity index (χ4n) is 6.93. The molecule has 0 amide bonds. The van der Waals surface area contributed by atoms with E-state index < -0.39 is 128 Å². The molecule has 0 aliphatic rings. The molecule has 0 saturated carbocycles. The maximum Gasteiger partial charge on any atom is 0.135 e. The van der Waals surface area contributed by atoms with Crippen LogP contribution in [0.25, 0.3) is 76.5 Å². The van der Waals surface area contributed by atoms with Gasteiger partial charge in [0, 0.05) is 10.8 Å². The van der Waals surface area contributed by atoms with E-state index in [4.69, 9.17) is 19.5 Å². The molecule has 0 N–H and O–H groups in total. The highest BCUT2D eigenvalue weighted by molar-refractivity contribution is 6.10. The molecular formula is C50H34O. The van der Waals surface area contributed by atoms with Crippen molar-refractivity contribution in [2.24, 2.45) is 0 Å². The van der Waals surface area contributed by atoms with Crippen LogP contribution in [0.15, 0.2) is 186 Å². The van der Waals surface area contributed by atoms with Gasteiger partial charge in [0.25, 0.3) is 0 Å². The topological polar surface area (TPSA) is 13.1 Å². The van der Waals surface area contributed by atoms with Crippen molar-refractivity contribution in [2.45, 2.75) is 12.8 Å². The SMILES string of the molecule is [2H]c1c([2H])c([2H])c(Cc2c3c([2H])c([2H])c([2H])c([2H])c3c(Cc3c([2H])c([2H])c(-c4ccc5oc6ccc(-c7ccccc7)cc6c5c4)c4c([2H])c([2H])c([2H])c([2H])c34)c3c([2H])c([2H])c([2H])c([2H])c23)c([2H])c1[2H]. The fourth-order valence-corrected chi connectivity index (χ4v) is 6.93. The number of hydrogen-bond acceptors (Lipinski definition) is 1. The van der Waals surface area contributed by atoms with Crippen molar-refractivity contribution in [3.8, 4) is 22.3 Å². The summed E-state index contributed by atoms with van der Waals surface area (Å²) in [5.41, 5.74) is 2.30. The van der Waals surface area contributed by atoms with Gasteiger partial charge >= 0.3 is 0 Å². The quantitative estimate of drug-likeness (QED) is 0.161. The Morgan fingerprint density at radius 1 is 0.392 bits per heavy atom. The van der Waals surface area contributed by atoms with Crippen LogP contribution in [0.2, 0.25) is 0 Å². The first-order chi connectivity index (χ1) is 33.2. The van der Waals surface area contributed by atoms with Crippen molar-refractivity contribution >= 4 is 54.3 Å². The van der Waals surface area contributed by atoms with Crippen molar-refractivity contribution in [3.63, 3.8) is 0 Å². The Labute approximate surface area is 323 Å². The molecule has 0 spiro atoms. The third kappa shape index (κ3) is 5.09. The first-order valence-electron chi connectivity index (χ1n) is 25.7. The van der Waals surface area contributed by atoms with Crippen molar-refractivity contribution in [1.29, 1.82) is 0 Å². The fraction of sp³-hybridized carbons (Fsp3) is 0.0400. The van der Waals surface area contributed by atoms with Gasteiger partial charge < -0.3 is 4.42 Å². The maximum atomic E-state index is 9.70. The van der Waals surface area contributed by atoms with E-state index in [2.05, 4.69) is 0 Å². The molecule has 1 heteroatoms. The standard InChI is InChI=1S/C50H34O/c1-3-13-33(14-4-1)29-45-41-19-9-11-21-43(41)46(44-22-12-10-20-42(44)45)31-36-23-26-39(40-18-8-7-17-38(36)40)37-25-28-50-48(32-37)47-30-35(24-27-49(47)51-50)34-15-5-2-6-16-34/h1-28,30,32H,29,31H2/i1D,3D,4D,7D,8D,9D,10D,11D,12D,13D,14D,17D,18D,19D,20D,21D,22D,23D,26D. The van der Waals surface area contributed by atoms with Gasteiger partial charge in [0.2, 0.25) is 0 Å². The molecule has 0 fully saturated rings. The van der Waals surface area contributed by atoms with Crippen LogP contribution >= 0.6 is 0 Å². The molecule has 51 heavy (non-hydrogen) atoms. The highest BCUT2D eigenvalue weighted by atomic mass is 16.3. The molecular weight excluding hydrogens is 617 g/mol.